The zero-order valence-corrected chi connectivity index (χ0v) is 17.3. The molecule has 0 spiro atoms. The minimum absolute atomic E-state index is 0.276. The maximum absolute atomic E-state index is 12.9. The summed E-state index contributed by atoms with van der Waals surface area (Å²) in [7, 11) is -3.73. The zero-order chi connectivity index (χ0) is 20.7. The third-order valence-electron chi connectivity index (χ3n) is 3.86. The lowest BCUT2D eigenvalue weighted by Gasteiger charge is -2.30. The Morgan fingerprint density at radius 1 is 1.29 bits per heavy atom. The van der Waals surface area contributed by atoms with Crippen LogP contribution in [-0.2, 0) is 14.8 Å². The lowest BCUT2D eigenvalue weighted by molar-refractivity contribution is -0.117. The molecule has 2 aromatic rings. The average Bonchev–Trinajstić information content (AvgIpc) is 2.63. The van der Waals surface area contributed by atoms with Crippen LogP contribution in [0.25, 0.3) is 0 Å². The van der Waals surface area contributed by atoms with Crippen LogP contribution in [0.1, 0.15) is 13.3 Å². The van der Waals surface area contributed by atoms with Crippen molar-refractivity contribution in [3.8, 4) is 5.75 Å². The number of rotatable bonds is 9. The van der Waals surface area contributed by atoms with Gasteiger partial charge in [0, 0.05) is 16.8 Å². The summed E-state index contributed by atoms with van der Waals surface area (Å²) in [5.41, 5.74) is 0.838. The number of ether oxygens (including phenoxy) is 1. The molecule has 0 aliphatic carbocycles. The number of amides is 1. The molecule has 0 aliphatic heterocycles. The lowest BCUT2D eigenvalue weighted by Crippen LogP contribution is -2.47. The van der Waals surface area contributed by atoms with E-state index in [0.29, 0.717) is 28.8 Å². The predicted molar refractivity (Wildman–Crippen MR) is 114 cm³/mol. The molecule has 1 N–H and O–H groups in total. The molecule has 2 aromatic carbocycles. The summed E-state index contributed by atoms with van der Waals surface area (Å²) >= 11 is 6.01. The van der Waals surface area contributed by atoms with Crippen molar-refractivity contribution >= 4 is 38.9 Å². The number of nitrogens with zero attached hydrogens (tertiary/aromatic N) is 1. The summed E-state index contributed by atoms with van der Waals surface area (Å²) in [5, 5.41) is 3.15. The first-order chi connectivity index (χ1) is 13.3. The third kappa shape index (κ3) is 5.74. The maximum Gasteiger partial charge on any atom is 0.248 e. The largest absolute Gasteiger partial charge is 0.489 e. The van der Waals surface area contributed by atoms with Crippen molar-refractivity contribution in [1.29, 1.82) is 0 Å². The number of carbonyl (C=O) groups excluding carboxylic acids is 1. The summed E-state index contributed by atoms with van der Waals surface area (Å²) in [6.45, 7) is 5.68. The Balaban J connectivity index is 2.31. The summed E-state index contributed by atoms with van der Waals surface area (Å²) in [5.74, 6) is 0.120. The van der Waals surface area contributed by atoms with Crippen LogP contribution in [0.15, 0.2) is 61.2 Å². The van der Waals surface area contributed by atoms with Crippen molar-refractivity contribution < 1.29 is 17.9 Å². The van der Waals surface area contributed by atoms with Gasteiger partial charge in [0.2, 0.25) is 15.9 Å². The molecular formula is C20H23ClN2O4S. The van der Waals surface area contributed by atoms with E-state index in [1.54, 1.807) is 55.5 Å². The minimum Gasteiger partial charge on any atom is -0.489 e. The van der Waals surface area contributed by atoms with Crippen LogP contribution in [0.5, 0.6) is 5.75 Å². The van der Waals surface area contributed by atoms with Gasteiger partial charge in [-0.15, -0.1) is 0 Å². The third-order valence-corrected chi connectivity index (χ3v) is 5.28. The summed E-state index contributed by atoms with van der Waals surface area (Å²) in [6.07, 6.45) is 2.96. The van der Waals surface area contributed by atoms with Crippen molar-refractivity contribution in [1.82, 2.24) is 0 Å². The molecule has 0 radical (unpaired) electrons. The molecule has 0 saturated carbocycles. The SMILES string of the molecule is C=CCOc1cccc(NC(=O)C(CC)N(c2cccc(Cl)c2)S(C)(=O)=O)c1. The van der Waals surface area contributed by atoms with Crippen LogP contribution >= 0.6 is 11.6 Å². The highest BCUT2D eigenvalue weighted by Gasteiger charge is 2.31. The van der Waals surface area contributed by atoms with E-state index in [1.807, 2.05) is 0 Å². The molecule has 1 atom stereocenters. The van der Waals surface area contributed by atoms with E-state index >= 15 is 0 Å². The van der Waals surface area contributed by atoms with E-state index in [9.17, 15) is 13.2 Å². The van der Waals surface area contributed by atoms with Crippen molar-refractivity contribution in [2.75, 3.05) is 22.5 Å². The summed E-state index contributed by atoms with van der Waals surface area (Å²) in [6, 6.07) is 12.3. The van der Waals surface area contributed by atoms with Crippen molar-refractivity contribution in [3.05, 3.63) is 66.2 Å². The highest BCUT2D eigenvalue weighted by atomic mass is 35.5. The zero-order valence-electron chi connectivity index (χ0n) is 15.8. The standard InChI is InChI=1S/C20H23ClN2O4S/c1-4-12-27-18-11-7-9-16(14-18)22-20(24)19(5-2)23(28(3,25)26)17-10-6-8-15(21)13-17/h4,6-11,13-14,19H,1,5,12H2,2-3H3,(H,22,24). The fourth-order valence-corrected chi connectivity index (χ4v) is 4.11. The number of carbonyl (C=O) groups is 1. The fourth-order valence-electron chi connectivity index (χ4n) is 2.72. The van der Waals surface area contributed by atoms with E-state index < -0.39 is 22.0 Å². The number of hydrogen-bond acceptors (Lipinski definition) is 4. The molecule has 0 saturated heterocycles. The molecule has 0 aromatic heterocycles. The molecule has 0 heterocycles. The van der Waals surface area contributed by atoms with Gasteiger partial charge >= 0.3 is 0 Å². The normalized spacial score (nSPS) is 12.1. The summed E-state index contributed by atoms with van der Waals surface area (Å²) < 4.78 is 31.4. The van der Waals surface area contributed by atoms with Gasteiger partial charge in [-0.3, -0.25) is 9.10 Å². The predicted octanol–water partition coefficient (Wildman–Crippen LogP) is 4.09. The molecule has 6 nitrogen and oxygen atoms in total. The Morgan fingerprint density at radius 2 is 2.00 bits per heavy atom. The first-order valence-electron chi connectivity index (χ1n) is 8.66. The van der Waals surface area contributed by atoms with Crippen molar-refractivity contribution in [2.45, 2.75) is 19.4 Å². The lowest BCUT2D eigenvalue weighted by atomic mass is 10.1. The van der Waals surface area contributed by atoms with Crippen LogP contribution in [0.4, 0.5) is 11.4 Å². The average molecular weight is 423 g/mol. The van der Waals surface area contributed by atoms with E-state index in [2.05, 4.69) is 11.9 Å². The van der Waals surface area contributed by atoms with Crippen LogP contribution in [0.2, 0.25) is 5.02 Å². The molecule has 2 rings (SSSR count). The number of nitrogens with one attached hydrogen (secondary N) is 1. The Bertz CT molecular complexity index is 947. The highest BCUT2D eigenvalue weighted by Crippen LogP contribution is 2.26. The first-order valence-corrected chi connectivity index (χ1v) is 10.9. The Kier molecular flexibility index (Phi) is 7.48. The highest BCUT2D eigenvalue weighted by molar-refractivity contribution is 7.92. The number of halogens is 1. The van der Waals surface area contributed by atoms with Gasteiger partial charge in [0.25, 0.3) is 0 Å². The van der Waals surface area contributed by atoms with Gasteiger partial charge in [-0.25, -0.2) is 8.42 Å². The van der Waals surface area contributed by atoms with E-state index in [-0.39, 0.29) is 6.42 Å². The molecule has 28 heavy (non-hydrogen) atoms. The van der Waals surface area contributed by atoms with Gasteiger partial charge in [-0.2, -0.15) is 0 Å². The Morgan fingerprint density at radius 3 is 2.61 bits per heavy atom. The van der Waals surface area contributed by atoms with Gasteiger partial charge in [0.05, 0.1) is 11.9 Å². The van der Waals surface area contributed by atoms with Gasteiger partial charge in [0.15, 0.2) is 0 Å². The number of hydrogen-bond donors (Lipinski definition) is 1. The van der Waals surface area contributed by atoms with Gasteiger partial charge in [0.1, 0.15) is 18.4 Å². The second kappa shape index (κ2) is 9.61. The number of sulfonamides is 1. The second-order valence-electron chi connectivity index (χ2n) is 6.08. The topological polar surface area (TPSA) is 75.7 Å². The first kappa shape index (κ1) is 21.8. The fraction of sp³-hybridized carbons (Fsp3) is 0.250. The minimum atomic E-state index is -3.73. The number of benzene rings is 2. The van der Waals surface area contributed by atoms with Crippen LogP contribution in [-0.4, -0.2) is 33.2 Å². The van der Waals surface area contributed by atoms with E-state index in [1.165, 1.54) is 6.07 Å². The Hall–Kier alpha value is -2.51. The quantitative estimate of drug-likeness (QED) is 0.617. The molecule has 1 unspecified atom stereocenters. The molecule has 0 aliphatic rings. The second-order valence-corrected chi connectivity index (χ2v) is 8.38. The van der Waals surface area contributed by atoms with Crippen molar-refractivity contribution in [2.24, 2.45) is 0 Å². The van der Waals surface area contributed by atoms with E-state index in [0.717, 1.165) is 10.6 Å². The van der Waals surface area contributed by atoms with Crippen LogP contribution in [0.3, 0.4) is 0 Å². The monoisotopic (exact) mass is 422 g/mol. The summed E-state index contributed by atoms with van der Waals surface area (Å²) in [4.78, 5) is 12.9. The molecule has 150 valence electrons. The molecule has 1 amide bonds. The molecule has 8 heteroatoms. The van der Waals surface area contributed by atoms with Gasteiger partial charge in [-0.05, 0) is 36.8 Å². The van der Waals surface area contributed by atoms with Gasteiger partial charge in [-0.1, -0.05) is 43.3 Å². The molecular weight excluding hydrogens is 400 g/mol. The van der Waals surface area contributed by atoms with Gasteiger partial charge < -0.3 is 10.1 Å². The van der Waals surface area contributed by atoms with Crippen LogP contribution in [0, 0.1) is 0 Å². The van der Waals surface area contributed by atoms with Crippen LogP contribution < -0.4 is 14.4 Å². The smallest absolute Gasteiger partial charge is 0.248 e. The Labute approximate surface area is 170 Å². The van der Waals surface area contributed by atoms with Crippen molar-refractivity contribution in [3.63, 3.8) is 0 Å². The molecule has 0 fully saturated rings. The maximum atomic E-state index is 12.9. The number of anilines is 2. The molecule has 0 bridgehead atoms. The van der Waals surface area contributed by atoms with E-state index in [4.69, 9.17) is 16.3 Å².